The van der Waals surface area contributed by atoms with Crippen LogP contribution in [0.2, 0.25) is 0 Å². The number of hydrogen-bond acceptors (Lipinski definition) is 4. The van der Waals surface area contributed by atoms with Crippen LogP contribution in [0.25, 0.3) is 0 Å². The van der Waals surface area contributed by atoms with Gasteiger partial charge in [0.15, 0.2) is 11.6 Å². The Morgan fingerprint density at radius 3 is 2.73 bits per heavy atom. The van der Waals surface area contributed by atoms with Crippen LogP contribution in [-0.2, 0) is 12.1 Å². The summed E-state index contributed by atoms with van der Waals surface area (Å²) in [6.07, 6.45) is 1.80. The summed E-state index contributed by atoms with van der Waals surface area (Å²) >= 11 is 0. The summed E-state index contributed by atoms with van der Waals surface area (Å²) in [7, 11) is 4.11. The van der Waals surface area contributed by atoms with Gasteiger partial charge in [0, 0.05) is 6.54 Å². The van der Waals surface area contributed by atoms with Gasteiger partial charge in [-0.15, -0.1) is 10.2 Å². The molecule has 0 amide bonds. The average molecular weight is 207 g/mol. The van der Waals surface area contributed by atoms with Crippen molar-refractivity contribution in [3.05, 3.63) is 11.6 Å². The Hall–Kier alpha value is -1.23. The monoisotopic (exact) mass is 207 g/mol. The normalized spacial score (nSPS) is 15.8. The topological polar surface area (TPSA) is 46.3 Å². The minimum atomic E-state index is -0.101. The van der Waals surface area contributed by atoms with Crippen LogP contribution in [0.4, 0.5) is 0 Å². The molecule has 0 unspecified atom stereocenters. The van der Waals surface area contributed by atoms with Gasteiger partial charge in [-0.1, -0.05) is 0 Å². The minimum Gasteiger partial charge on any atom is -0.307 e. The zero-order valence-electron chi connectivity index (χ0n) is 9.73. The molecule has 1 aliphatic heterocycles. The van der Waals surface area contributed by atoms with Crippen LogP contribution in [0.1, 0.15) is 25.5 Å². The van der Waals surface area contributed by atoms with E-state index in [9.17, 15) is 0 Å². The molecule has 0 spiro atoms. The third-order valence-corrected chi connectivity index (χ3v) is 3.10. The molecular weight excluding hydrogens is 190 g/mol. The molecule has 1 aliphatic rings. The minimum absolute atomic E-state index is 0.101. The Bertz CT molecular complexity index is 389. The van der Waals surface area contributed by atoms with E-state index in [1.807, 2.05) is 0 Å². The van der Waals surface area contributed by atoms with Crippen molar-refractivity contribution in [1.29, 1.82) is 0 Å². The Morgan fingerprint density at radius 2 is 2.07 bits per heavy atom. The van der Waals surface area contributed by atoms with Crippen LogP contribution in [0.3, 0.4) is 0 Å². The number of aliphatic imine (C=N–C) groups is 1. The molecular formula is C10H17N5. The van der Waals surface area contributed by atoms with Crippen molar-refractivity contribution >= 4 is 6.21 Å². The number of hydrogen-bond donors (Lipinski definition) is 0. The molecule has 0 saturated carbocycles. The SMILES string of the molecule is CN(C)C(C)(C)c1nnc2n1CCN=C2. The van der Waals surface area contributed by atoms with Crippen molar-refractivity contribution < 1.29 is 0 Å². The van der Waals surface area contributed by atoms with Crippen LogP contribution in [0.15, 0.2) is 4.99 Å². The molecule has 0 saturated heterocycles. The van der Waals surface area contributed by atoms with Crippen molar-refractivity contribution in [3.8, 4) is 0 Å². The van der Waals surface area contributed by atoms with Crippen LogP contribution in [0, 0.1) is 0 Å². The van der Waals surface area contributed by atoms with E-state index in [2.05, 4.69) is 52.6 Å². The highest BCUT2D eigenvalue weighted by atomic mass is 15.3. The van der Waals surface area contributed by atoms with Gasteiger partial charge in [0.25, 0.3) is 0 Å². The van der Waals surface area contributed by atoms with E-state index in [-0.39, 0.29) is 5.54 Å². The van der Waals surface area contributed by atoms with E-state index in [0.717, 1.165) is 24.7 Å². The standard InChI is InChI=1S/C10H17N5/c1-10(2,14(3)4)9-13-12-8-7-11-5-6-15(8)9/h7H,5-6H2,1-4H3. The summed E-state index contributed by atoms with van der Waals surface area (Å²) in [5.74, 6) is 1.87. The van der Waals surface area contributed by atoms with Crippen molar-refractivity contribution in [3.63, 3.8) is 0 Å². The summed E-state index contributed by atoms with van der Waals surface area (Å²) in [4.78, 5) is 6.35. The maximum Gasteiger partial charge on any atom is 0.174 e. The first-order chi connectivity index (χ1) is 7.03. The molecule has 1 aromatic heterocycles. The molecule has 0 atom stereocenters. The van der Waals surface area contributed by atoms with Gasteiger partial charge in [0.2, 0.25) is 0 Å². The maximum atomic E-state index is 4.27. The Kier molecular flexibility index (Phi) is 2.34. The van der Waals surface area contributed by atoms with Crippen LogP contribution in [-0.4, -0.2) is 46.5 Å². The van der Waals surface area contributed by atoms with Gasteiger partial charge in [-0.25, -0.2) is 0 Å². The van der Waals surface area contributed by atoms with Gasteiger partial charge in [-0.05, 0) is 27.9 Å². The van der Waals surface area contributed by atoms with Gasteiger partial charge in [-0.2, -0.15) is 0 Å². The lowest BCUT2D eigenvalue weighted by atomic mass is 10.0. The second kappa shape index (κ2) is 3.41. The lowest BCUT2D eigenvalue weighted by molar-refractivity contribution is 0.179. The molecule has 0 aliphatic carbocycles. The second-order valence-electron chi connectivity index (χ2n) is 4.52. The first-order valence-electron chi connectivity index (χ1n) is 5.14. The molecule has 2 heterocycles. The first-order valence-corrected chi connectivity index (χ1v) is 5.14. The van der Waals surface area contributed by atoms with Crippen LogP contribution >= 0.6 is 0 Å². The molecule has 0 N–H and O–H groups in total. The molecule has 82 valence electrons. The van der Waals surface area contributed by atoms with Crippen LogP contribution < -0.4 is 0 Å². The predicted molar refractivity (Wildman–Crippen MR) is 59.2 cm³/mol. The van der Waals surface area contributed by atoms with Crippen molar-refractivity contribution in [2.24, 2.45) is 4.99 Å². The maximum absolute atomic E-state index is 4.27. The third kappa shape index (κ3) is 1.56. The lowest BCUT2D eigenvalue weighted by Gasteiger charge is -2.32. The second-order valence-corrected chi connectivity index (χ2v) is 4.52. The average Bonchev–Trinajstić information content (AvgIpc) is 2.61. The zero-order chi connectivity index (χ0) is 11.1. The highest BCUT2D eigenvalue weighted by Gasteiger charge is 2.30. The highest BCUT2D eigenvalue weighted by molar-refractivity contribution is 5.75. The van der Waals surface area contributed by atoms with E-state index in [1.165, 1.54) is 0 Å². The van der Waals surface area contributed by atoms with Gasteiger partial charge in [0.05, 0.1) is 18.3 Å². The van der Waals surface area contributed by atoms with Gasteiger partial charge >= 0.3 is 0 Å². The number of fused-ring (bicyclic) bond motifs is 1. The summed E-state index contributed by atoms with van der Waals surface area (Å²) in [6, 6.07) is 0. The summed E-state index contributed by atoms with van der Waals surface area (Å²) < 4.78 is 2.15. The molecule has 0 fully saturated rings. The largest absolute Gasteiger partial charge is 0.307 e. The fraction of sp³-hybridized carbons (Fsp3) is 0.700. The Morgan fingerprint density at radius 1 is 1.33 bits per heavy atom. The zero-order valence-corrected chi connectivity index (χ0v) is 9.73. The lowest BCUT2D eigenvalue weighted by Crippen LogP contribution is -2.38. The fourth-order valence-corrected chi connectivity index (χ4v) is 1.59. The molecule has 5 heteroatoms. The van der Waals surface area contributed by atoms with E-state index >= 15 is 0 Å². The highest BCUT2D eigenvalue weighted by Crippen LogP contribution is 2.24. The van der Waals surface area contributed by atoms with E-state index < -0.39 is 0 Å². The summed E-state index contributed by atoms with van der Waals surface area (Å²) in [6.45, 7) is 6.00. The van der Waals surface area contributed by atoms with Crippen molar-refractivity contribution in [1.82, 2.24) is 19.7 Å². The molecule has 15 heavy (non-hydrogen) atoms. The van der Waals surface area contributed by atoms with Crippen molar-refractivity contribution in [2.45, 2.75) is 25.9 Å². The molecule has 0 radical (unpaired) electrons. The molecule has 1 aromatic rings. The smallest absolute Gasteiger partial charge is 0.174 e. The fourth-order valence-electron chi connectivity index (χ4n) is 1.59. The first kappa shape index (κ1) is 10.3. The van der Waals surface area contributed by atoms with Crippen LogP contribution in [0.5, 0.6) is 0 Å². The third-order valence-electron chi connectivity index (χ3n) is 3.10. The Labute approximate surface area is 89.8 Å². The van der Waals surface area contributed by atoms with Gasteiger partial charge in [0.1, 0.15) is 0 Å². The summed E-state index contributed by atoms with van der Waals surface area (Å²) in [5.41, 5.74) is -0.101. The van der Waals surface area contributed by atoms with Gasteiger partial charge in [-0.3, -0.25) is 9.89 Å². The molecule has 0 bridgehead atoms. The van der Waals surface area contributed by atoms with Gasteiger partial charge < -0.3 is 4.57 Å². The predicted octanol–water partition coefficient (Wildman–Crippen LogP) is 0.507. The number of rotatable bonds is 2. The van der Waals surface area contributed by atoms with E-state index in [0.29, 0.717) is 0 Å². The summed E-state index contributed by atoms with van der Waals surface area (Å²) in [5, 5.41) is 8.41. The van der Waals surface area contributed by atoms with E-state index in [1.54, 1.807) is 6.21 Å². The molecule has 5 nitrogen and oxygen atoms in total. The Balaban J connectivity index is 2.46. The number of nitrogens with zero attached hydrogens (tertiary/aromatic N) is 5. The van der Waals surface area contributed by atoms with E-state index in [4.69, 9.17) is 0 Å². The number of aromatic nitrogens is 3. The molecule has 2 rings (SSSR count). The quantitative estimate of drug-likeness (QED) is 0.709. The molecule has 0 aromatic carbocycles. The van der Waals surface area contributed by atoms with Crippen molar-refractivity contribution in [2.75, 3.05) is 20.6 Å².